The molecule has 0 aromatic carbocycles. The maximum Gasteiger partial charge on any atom is 0.230 e. The van der Waals surface area contributed by atoms with Gasteiger partial charge in [0, 0.05) is 45.1 Å². The summed E-state index contributed by atoms with van der Waals surface area (Å²) < 4.78 is 0. The number of aromatic nitrogens is 1. The first-order valence-corrected chi connectivity index (χ1v) is 11.2. The van der Waals surface area contributed by atoms with E-state index in [1.807, 2.05) is 18.5 Å². The lowest BCUT2D eigenvalue weighted by Crippen LogP contribution is -2.49. The van der Waals surface area contributed by atoms with E-state index in [1.165, 1.54) is 37.7 Å². The van der Waals surface area contributed by atoms with Crippen LogP contribution in [0, 0.1) is 16.7 Å². The van der Waals surface area contributed by atoms with Crippen molar-refractivity contribution in [3.05, 3.63) is 30.1 Å². The van der Waals surface area contributed by atoms with Crippen LogP contribution in [0.1, 0.15) is 44.1 Å². The lowest BCUT2D eigenvalue weighted by Gasteiger charge is -2.45. The number of carbonyl (C=O) groups is 1. The number of nitrogens with zero attached hydrogens (tertiary/aromatic N) is 4. The number of carbonyl (C=O) groups excluding carboxylic acids is 1. The average molecular weight is 383 g/mol. The highest BCUT2D eigenvalue weighted by atomic mass is 16.2. The molecule has 3 saturated heterocycles. The minimum atomic E-state index is -0.0926. The van der Waals surface area contributed by atoms with E-state index in [-0.39, 0.29) is 5.41 Å². The van der Waals surface area contributed by atoms with Crippen molar-refractivity contribution in [2.24, 2.45) is 16.7 Å². The number of hydrogen-bond donors (Lipinski definition) is 0. The Kier molecular flexibility index (Phi) is 4.71. The first kappa shape index (κ1) is 18.6. The minimum absolute atomic E-state index is 0.0926. The normalized spacial score (nSPS) is 32.9. The average Bonchev–Trinajstić information content (AvgIpc) is 3.42. The third-order valence-corrected chi connectivity index (χ3v) is 8.32. The molecular weight excluding hydrogens is 348 g/mol. The highest BCUT2D eigenvalue weighted by molar-refractivity contribution is 5.84. The number of piperidine rings is 1. The van der Waals surface area contributed by atoms with Crippen LogP contribution in [-0.2, 0) is 11.3 Å². The zero-order valence-corrected chi connectivity index (χ0v) is 17.3. The zero-order valence-electron chi connectivity index (χ0n) is 17.3. The summed E-state index contributed by atoms with van der Waals surface area (Å²) >= 11 is 0. The number of fused-ring (bicyclic) bond motifs is 2. The molecule has 3 aliphatic heterocycles. The quantitative estimate of drug-likeness (QED) is 0.806. The molecule has 0 N–H and O–H groups in total. The highest BCUT2D eigenvalue weighted by Gasteiger charge is 2.64. The molecule has 0 bridgehead atoms. The fourth-order valence-electron chi connectivity index (χ4n) is 6.89. The summed E-state index contributed by atoms with van der Waals surface area (Å²) in [6.07, 6.45) is 11.1. The molecule has 1 aromatic heterocycles. The van der Waals surface area contributed by atoms with Crippen LogP contribution in [0.25, 0.3) is 0 Å². The first-order chi connectivity index (χ1) is 13.6. The van der Waals surface area contributed by atoms with E-state index in [1.54, 1.807) is 0 Å². The molecular formula is C23H34N4O. The number of likely N-dealkylation sites (tertiary alicyclic amines) is 3. The lowest BCUT2D eigenvalue weighted by molar-refractivity contribution is -0.142. The van der Waals surface area contributed by atoms with Gasteiger partial charge in [-0.15, -0.1) is 0 Å². The summed E-state index contributed by atoms with van der Waals surface area (Å²) in [6.45, 7) is 7.39. The van der Waals surface area contributed by atoms with Crippen molar-refractivity contribution >= 4 is 5.91 Å². The SMILES string of the molecule is CN1C[C@H]2C3(CCN(Cc4cccnc4)CC3)CC[C@@]2(C(=O)N2CCCC2)C1. The lowest BCUT2D eigenvalue weighted by atomic mass is 9.65. The summed E-state index contributed by atoms with van der Waals surface area (Å²) in [5.41, 5.74) is 1.60. The van der Waals surface area contributed by atoms with Crippen molar-refractivity contribution in [2.45, 2.75) is 45.1 Å². The van der Waals surface area contributed by atoms with E-state index in [2.05, 4.69) is 32.8 Å². The molecule has 2 atom stereocenters. The van der Waals surface area contributed by atoms with Crippen molar-refractivity contribution in [2.75, 3.05) is 46.3 Å². The molecule has 4 fully saturated rings. The predicted molar refractivity (Wildman–Crippen MR) is 110 cm³/mol. The second-order valence-corrected chi connectivity index (χ2v) is 9.90. The molecule has 1 amide bonds. The molecule has 1 aliphatic carbocycles. The third kappa shape index (κ3) is 2.98. The van der Waals surface area contributed by atoms with Gasteiger partial charge in [-0.2, -0.15) is 0 Å². The van der Waals surface area contributed by atoms with Gasteiger partial charge in [-0.25, -0.2) is 0 Å². The minimum Gasteiger partial charge on any atom is -0.342 e. The Morgan fingerprint density at radius 1 is 1.14 bits per heavy atom. The molecule has 152 valence electrons. The molecule has 1 spiro atoms. The Morgan fingerprint density at radius 2 is 1.93 bits per heavy atom. The molecule has 5 rings (SSSR count). The molecule has 5 heteroatoms. The Balaban J connectivity index is 1.31. The molecule has 5 nitrogen and oxygen atoms in total. The Labute approximate surface area is 169 Å². The largest absolute Gasteiger partial charge is 0.342 e. The predicted octanol–water partition coefficient (Wildman–Crippen LogP) is 2.63. The summed E-state index contributed by atoms with van der Waals surface area (Å²) in [6, 6.07) is 4.21. The maximum absolute atomic E-state index is 13.6. The van der Waals surface area contributed by atoms with Crippen LogP contribution < -0.4 is 0 Å². The van der Waals surface area contributed by atoms with Crippen LogP contribution in [0.2, 0.25) is 0 Å². The fraction of sp³-hybridized carbons (Fsp3) is 0.739. The fourth-order valence-corrected chi connectivity index (χ4v) is 6.89. The van der Waals surface area contributed by atoms with Gasteiger partial charge in [0.15, 0.2) is 0 Å². The first-order valence-electron chi connectivity index (χ1n) is 11.2. The van der Waals surface area contributed by atoms with E-state index in [9.17, 15) is 4.79 Å². The molecule has 0 radical (unpaired) electrons. The molecule has 28 heavy (non-hydrogen) atoms. The van der Waals surface area contributed by atoms with Gasteiger partial charge in [0.2, 0.25) is 5.91 Å². The Hall–Kier alpha value is -1.46. The van der Waals surface area contributed by atoms with Crippen LogP contribution in [0.15, 0.2) is 24.5 Å². The summed E-state index contributed by atoms with van der Waals surface area (Å²) in [4.78, 5) is 25.1. The second-order valence-electron chi connectivity index (χ2n) is 9.90. The number of rotatable bonds is 3. The van der Waals surface area contributed by atoms with Gasteiger partial charge in [0.1, 0.15) is 0 Å². The number of hydrogen-bond acceptors (Lipinski definition) is 4. The smallest absolute Gasteiger partial charge is 0.230 e. The summed E-state index contributed by atoms with van der Waals surface area (Å²) in [7, 11) is 2.22. The molecule has 1 aromatic rings. The van der Waals surface area contributed by atoms with Crippen molar-refractivity contribution < 1.29 is 4.79 Å². The maximum atomic E-state index is 13.6. The monoisotopic (exact) mass is 382 g/mol. The number of amides is 1. The molecule has 0 unspecified atom stereocenters. The van der Waals surface area contributed by atoms with Crippen molar-refractivity contribution in [3.8, 4) is 0 Å². The summed E-state index contributed by atoms with van der Waals surface area (Å²) in [5, 5.41) is 0. The van der Waals surface area contributed by atoms with Crippen LogP contribution in [0.4, 0.5) is 0 Å². The van der Waals surface area contributed by atoms with Crippen molar-refractivity contribution in [1.82, 2.24) is 19.7 Å². The van der Waals surface area contributed by atoms with Crippen LogP contribution >= 0.6 is 0 Å². The second kappa shape index (κ2) is 7.10. The Morgan fingerprint density at radius 3 is 2.64 bits per heavy atom. The van der Waals surface area contributed by atoms with E-state index in [4.69, 9.17) is 0 Å². The van der Waals surface area contributed by atoms with Crippen LogP contribution in [-0.4, -0.2) is 71.9 Å². The standard InChI is InChI=1S/C23H34N4O/c1-25-17-20-22(6-7-23(20,18-25)21(28)27-11-2-3-12-27)8-13-26(14-9-22)16-19-5-4-10-24-15-19/h4-5,10,15,20H,2-3,6-9,11-14,16-18H2,1H3/t20-,23+/m0/s1. The van der Waals surface area contributed by atoms with Crippen LogP contribution in [0.5, 0.6) is 0 Å². The van der Waals surface area contributed by atoms with E-state index in [0.717, 1.165) is 52.2 Å². The van der Waals surface area contributed by atoms with Gasteiger partial charge in [0.25, 0.3) is 0 Å². The van der Waals surface area contributed by atoms with Crippen LogP contribution in [0.3, 0.4) is 0 Å². The van der Waals surface area contributed by atoms with Gasteiger partial charge in [-0.1, -0.05) is 6.07 Å². The highest BCUT2D eigenvalue weighted by Crippen LogP contribution is 2.62. The van der Waals surface area contributed by atoms with Gasteiger partial charge in [0.05, 0.1) is 5.41 Å². The van der Waals surface area contributed by atoms with E-state index >= 15 is 0 Å². The number of pyridine rings is 1. The van der Waals surface area contributed by atoms with E-state index < -0.39 is 0 Å². The topological polar surface area (TPSA) is 39.7 Å². The molecule has 4 aliphatic rings. The van der Waals surface area contributed by atoms with Gasteiger partial charge < -0.3 is 9.80 Å². The summed E-state index contributed by atoms with van der Waals surface area (Å²) in [5.74, 6) is 1.05. The third-order valence-electron chi connectivity index (χ3n) is 8.32. The molecule has 1 saturated carbocycles. The van der Waals surface area contributed by atoms with Gasteiger partial charge in [-0.05, 0) is 81.6 Å². The Bertz CT molecular complexity index is 709. The van der Waals surface area contributed by atoms with Crippen molar-refractivity contribution in [3.63, 3.8) is 0 Å². The molecule has 4 heterocycles. The van der Waals surface area contributed by atoms with E-state index in [0.29, 0.717) is 17.2 Å². The van der Waals surface area contributed by atoms with Gasteiger partial charge in [-0.3, -0.25) is 14.7 Å². The van der Waals surface area contributed by atoms with Crippen molar-refractivity contribution in [1.29, 1.82) is 0 Å². The van der Waals surface area contributed by atoms with Gasteiger partial charge >= 0.3 is 0 Å². The zero-order chi connectivity index (χ0) is 19.2.